The molecule has 3 rings (SSSR count). The summed E-state index contributed by atoms with van der Waals surface area (Å²) in [6.45, 7) is 2.77. The molecule has 0 saturated carbocycles. The van der Waals surface area contributed by atoms with E-state index in [0.29, 0.717) is 25.1 Å². The second-order valence-electron chi connectivity index (χ2n) is 7.04. The zero-order valence-corrected chi connectivity index (χ0v) is 15.9. The molecule has 148 valence electrons. The first-order valence-electron chi connectivity index (χ1n) is 9.22. The zero-order valence-electron chi connectivity index (χ0n) is 15.9. The van der Waals surface area contributed by atoms with Crippen molar-refractivity contribution in [1.29, 1.82) is 0 Å². The van der Waals surface area contributed by atoms with Gasteiger partial charge in [0.2, 0.25) is 5.91 Å². The van der Waals surface area contributed by atoms with Crippen LogP contribution in [0.15, 0.2) is 47.1 Å². The van der Waals surface area contributed by atoms with Gasteiger partial charge in [0.25, 0.3) is 11.6 Å². The standard InChI is InChI=1S/C20H23N3O5/c1-14(15-6-3-8-17(12-15)23(26)27)21(2)19(24)16-7-4-10-22(13-16)20(25)18-9-5-11-28-18/h3,5-6,8-9,11-12,14,16H,4,7,10,13H2,1-2H3/t14-,16-/m1/s1. The quantitative estimate of drug-likeness (QED) is 0.581. The lowest BCUT2D eigenvalue weighted by atomic mass is 9.95. The number of rotatable bonds is 5. The van der Waals surface area contributed by atoms with Crippen molar-refractivity contribution in [3.63, 3.8) is 0 Å². The Morgan fingerprint density at radius 2 is 2.11 bits per heavy atom. The molecule has 0 radical (unpaired) electrons. The highest BCUT2D eigenvalue weighted by atomic mass is 16.6. The van der Waals surface area contributed by atoms with E-state index in [-0.39, 0.29) is 35.2 Å². The maximum atomic E-state index is 13.0. The molecular weight excluding hydrogens is 362 g/mol. The minimum absolute atomic E-state index is 0.00177. The maximum absolute atomic E-state index is 13.0. The summed E-state index contributed by atoms with van der Waals surface area (Å²) in [7, 11) is 1.69. The Bertz CT molecular complexity index is 864. The van der Waals surface area contributed by atoms with Crippen LogP contribution in [-0.4, -0.2) is 46.7 Å². The first kappa shape index (κ1) is 19.6. The first-order chi connectivity index (χ1) is 13.4. The van der Waals surface area contributed by atoms with Gasteiger partial charge in [0.05, 0.1) is 23.1 Å². The van der Waals surface area contributed by atoms with E-state index in [1.165, 1.54) is 18.4 Å². The van der Waals surface area contributed by atoms with Crippen LogP contribution in [0, 0.1) is 16.0 Å². The molecule has 1 fully saturated rings. The molecule has 0 N–H and O–H groups in total. The van der Waals surface area contributed by atoms with Gasteiger partial charge in [0, 0.05) is 32.3 Å². The topological polar surface area (TPSA) is 96.9 Å². The summed E-state index contributed by atoms with van der Waals surface area (Å²) < 4.78 is 5.18. The van der Waals surface area contributed by atoms with E-state index in [1.807, 2.05) is 6.92 Å². The van der Waals surface area contributed by atoms with Crippen molar-refractivity contribution in [3.05, 3.63) is 64.1 Å². The molecule has 8 heteroatoms. The highest BCUT2D eigenvalue weighted by Gasteiger charge is 2.33. The summed E-state index contributed by atoms with van der Waals surface area (Å²) in [6, 6.07) is 9.27. The number of benzene rings is 1. The molecule has 1 aliphatic rings. The third kappa shape index (κ3) is 4.05. The molecule has 8 nitrogen and oxygen atoms in total. The van der Waals surface area contributed by atoms with E-state index in [1.54, 1.807) is 41.1 Å². The van der Waals surface area contributed by atoms with Gasteiger partial charge in [-0.15, -0.1) is 0 Å². The van der Waals surface area contributed by atoms with Crippen LogP contribution in [-0.2, 0) is 4.79 Å². The molecule has 2 amide bonds. The van der Waals surface area contributed by atoms with Crippen molar-refractivity contribution in [2.75, 3.05) is 20.1 Å². The fourth-order valence-corrected chi connectivity index (χ4v) is 3.52. The highest BCUT2D eigenvalue weighted by molar-refractivity contribution is 5.92. The average molecular weight is 385 g/mol. The number of hydrogen-bond donors (Lipinski definition) is 0. The fraction of sp³-hybridized carbons (Fsp3) is 0.400. The Morgan fingerprint density at radius 3 is 2.79 bits per heavy atom. The lowest BCUT2D eigenvalue weighted by molar-refractivity contribution is -0.384. The molecule has 0 bridgehead atoms. The van der Waals surface area contributed by atoms with E-state index < -0.39 is 4.92 Å². The number of carbonyl (C=O) groups is 2. The number of non-ortho nitro benzene ring substituents is 1. The van der Waals surface area contributed by atoms with Crippen LogP contribution in [0.5, 0.6) is 0 Å². The van der Waals surface area contributed by atoms with Gasteiger partial charge in [0.15, 0.2) is 5.76 Å². The lowest BCUT2D eigenvalue weighted by Crippen LogP contribution is -2.46. The van der Waals surface area contributed by atoms with E-state index in [9.17, 15) is 19.7 Å². The average Bonchev–Trinajstić information content (AvgIpc) is 3.26. The van der Waals surface area contributed by atoms with Gasteiger partial charge in [-0.1, -0.05) is 12.1 Å². The molecule has 28 heavy (non-hydrogen) atoms. The van der Waals surface area contributed by atoms with Gasteiger partial charge < -0.3 is 14.2 Å². The summed E-state index contributed by atoms with van der Waals surface area (Å²) in [4.78, 5) is 39.3. The third-order valence-electron chi connectivity index (χ3n) is 5.28. The summed E-state index contributed by atoms with van der Waals surface area (Å²) in [5.74, 6) is -0.321. The predicted molar refractivity (Wildman–Crippen MR) is 102 cm³/mol. The van der Waals surface area contributed by atoms with Gasteiger partial charge in [0.1, 0.15) is 0 Å². The van der Waals surface area contributed by atoms with Gasteiger partial charge in [-0.3, -0.25) is 19.7 Å². The predicted octanol–water partition coefficient (Wildman–Crippen LogP) is 3.26. The molecule has 1 aromatic carbocycles. The summed E-state index contributed by atoms with van der Waals surface area (Å²) >= 11 is 0. The smallest absolute Gasteiger partial charge is 0.289 e. The van der Waals surface area contributed by atoms with Crippen LogP contribution in [0.25, 0.3) is 0 Å². The lowest BCUT2D eigenvalue weighted by Gasteiger charge is -2.35. The SMILES string of the molecule is C[C@H](c1cccc([N+](=O)[O-])c1)N(C)C(=O)[C@@H]1CCCN(C(=O)c2ccco2)C1. The Balaban J connectivity index is 1.69. The molecule has 2 aromatic rings. The van der Waals surface area contributed by atoms with Gasteiger partial charge in [-0.25, -0.2) is 0 Å². The van der Waals surface area contributed by atoms with E-state index in [4.69, 9.17) is 4.42 Å². The summed E-state index contributed by atoms with van der Waals surface area (Å²) in [5, 5.41) is 11.0. The molecule has 2 heterocycles. The molecule has 0 unspecified atom stereocenters. The Morgan fingerprint density at radius 1 is 1.32 bits per heavy atom. The van der Waals surface area contributed by atoms with Crippen LogP contribution < -0.4 is 0 Å². The van der Waals surface area contributed by atoms with Crippen molar-refractivity contribution < 1.29 is 18.9 Å². The van der Waals surface area contributed by atoms with E-state index in [0.717, 1.165) is 6.42 Å². The molecule has 2 atom stereocenters. The molecule has 1 aromatic heterocycles. The number of hydrogen-bond acceptors (Lipinski definition) is 5. The summed E-state index contributed by atoms with van der Waals surface area (Å²) in [5.41, 5.74) is 0.697. The number of amides is 2. The Kier molecular flexibility index (Phi) is 5.77. The van der Waals surface area contributed by atoms with Crippen LogP contribution in [0.1, 0.15) is 41.9 Å². The molecule has 0 spiro atoms. The Labute approximate surface area is 162 Å². The number of furan rings is 1. The number of nitro benzene ring substituents is 1. The number of nitrogens with zero attached hydrogens (tertiary/aromatic N) is 3. The van der Waals surface area contributed by atoms with Crippen LogP contribution in [0.4, 0.5) is 5.69 Å². The number of piperidine rings is 1. The monoisotopic (exact) mass is 385 g/mol. The largest absolute Gasteiger partial charge is 0.459 e. The van der Waals surface area contributed by atoms with Gasteiger partial charge >= 0.3 is 0 Å². The molecule has 1 aliphatic heterocycles. The zero-order chi connectivity index (χ0) is 20.3. The van der Waals surface area contributed by atoms with Crippen molar-refractivity contribution in [3.8, 4) is 0 Å². The van der Waals surface area contributed by atoms with Crippen molar-refractivity contribution in [2.45, 2.75) is 25.8 Å². The van der Waals surface area contributed by atoms with Crippen LogP contribution in [0.3, 0.4) is 0 Å². The number of nitro groups is 1. The normalized spacial score (nSPS) is 17.8. The van der Waals surface area contributed by atoms with Gasteiger partial charge in [-0.2, -0.15) is 0 Å². The van der Waals surface area contributed by atoms with Crippen molar-refractivity contribution in [1.82, 2.24) is 9.80 Å². The highest BCUT2D eigenvalue weighted by Crippen LogP contribution is 2.27. The fourth-order valence-electron chi connectivity index (χ4n) is 3.52. The van der Waals surface area contributed by atoms with Crippen LogP contribution >= 0.6 is 0 Å². The minimum atomic E-state index is -0.447. The third-order valence-corrected chi connectivity index (χ3v) is 5.28. The van der Waals surface area contributed by atoms with Crippen LogP contribution in [0.2, 0.25) is 0 Å². The van der Waals surface area contributed by atoms with Crippen molar-refractivity contribution in [2.24, 2.45) is 5.92 Å². The number of carbonyl (C=O) groups excluding carboxylic acids is 2. The maximum Gasteiger partial charge on any atom is 0.289 e. The van der Waals surface area contributed by atoms with Crippen molar-refractivity contribution >= 4 is 17.5 Å². The Hall–Kier alpha value is -3.16. The second-order valence-corrected chi connectivity index (χ2v) is 7.04. The molecule has 0 aliphatic carbocycles. The van der Waals surface area contributed by atoms with E-state index >= 15 is 0 Å². The summed E-state index contributed by atoms with van der Waals surface area (Å²) in [6.07, 6.45) is 2.89. The van der Waals surface area contributed by atoms with Gasteiger partial charge in [-0.05, 0) is 37.5 Å². The number of likely N-dealkylation sites (tertiary alicyclic amines) is 1. The van der Waals surface area contributed by atoms with E-state index in [2.05, 4.69) is 0 Å². The molecule has 1 saturated heterocycles. The second kappa shape index (κ2) is 8.24. The minimum Gasteiger partial charge on any atom is -0.459 e. The molecular formula is C20H23N3O5. The first-order valence-corrected chi connectivity index (χ1v) is 9.22.